The van der Waals surface area contributed by atoms with Crippen LogP contribution in [0.5, 0.6) is 0 Å². The highest BCUT2D eigenvalue weighted by Gasteiger charge is 2.29. The largest absolute Gasteiger partial charge is 0.398 e. The molecule has 1 aliphatic rings. The second kappa shape index (κ2) is 2.96. The number of nitrogen functional groups attached to an aromatic ring is 1. The monoisotopic (exact) mass is 226 g/mol. The maximum absolute atomic E-state index is 11.6. The van der Waals surface area contributed by atoms with Crippen molar-refractivity contribution in [2.24, 2.45) is 0 Å². The van der Waals surface area contributed by atoms with Crippen molar-refractivity contribution in [1.82, 2.24) is 0 Å². The first-order chi connectivity index (χ1) is 6.90. The van der Waals surface area contributed by atoms with Crippen LogP contribution in [0.4, 0.5) is 11.4 Å². The normalized spacial score (nSPS) is 18.1. The summed E-state index contributed by atoms with van der Waals surface area (Å²) in [5.74, 6) is -1.02. The second-order valence-corrected chi connectivity index (χ2v) is 5.47. The van der Waals surface area contributed by atoms with Gasteiger partial charge in [0.1, 0.15) is 5.75 Å². The van der Waals surface area contributed by atoms with Gasteiger partial charge in [0, 0.05) is 5.69 Å². The number of rotatable bonds is 0. The van der Waals surface area contributed by atoms with Crippen molar-refractivity contribution in [1.29, 1.82) is 0 Å². The molecule has 1 aliphatic heterocycles. The van der Waals surface area contributed by atoms with E-state index in [9.17, 15) is 13.2 Å². The van der Waals surface area contributed by atoms with Crippen LogP contribution in [0.3, 0.4) is 0 Å². The maximum Gasteiger partial charge on any atom is 0.239 e. The maximum atomic E-state index is 11.6. The minimum absolute atomic E-state index is 0.102. The number of fused-ring (bicyclic) bond motifs is 1. The Morgan fingerprint density at radius 3 is 2.73 bits per heavy atom. The van der Waals surface area contributed by atoms with Crippen molar-refractivity contribution in [2.75, 3.05) is 16.8 Å². The Hall–Kier alpha value is -1.56. The molecule has 5 nitrogen and oxygen atoms in total. The summed E-state index contributed by atoms with van der Waals surface area (Å²) in [6.45, 7) is 1.75. The van der Waals surface area contributed by atoms with Crippen LogP contribution >= 0.6 is 0 Å². The summed E-state index contributed by atoms with van der Waals surface area (Å²) in [6.07, 6.45) is 0. The van der Waals surface area contributed by atoms with Crippen molar-refractivity contribution >= 4 is 27.1 Å². The topological polar surface area (TPSA) is 89.3 Å². The van der Waals surface area contributed by atoms with Gasteiger partial charge in [0.05, 0.1) is 10.6 Å². The Bertz CT molecular complexity index is 549. The zero-order valence-corrected chi connectivity index (χ0v) is 8.89. The van der Waals surface area contributed by atoms with Crippen LogP contribution < -0.4 is 11.1 Å². The molecule has 0 saturated heterocycles. The van der Waals surface area contributed by atoms with E-state index in [1.807, 2.05) is 0 Å². The summed E-state index contributed by atoms with van der Waals surface area (Å²) in [4.78, 5) is 11.2. The van der Waals surface area contributed by atoms with Crippen molar-refractivity contribution < 1.29 is 13.2 Å². The summed E-state index contributed by atoms with van der Waals surface area (Å²) in [7, 11) is -3.52. The molecular weight excluding hydrogens is 216 g/mol. The van der Waals surface area contributed by atoms with Gasteiger partial charge in [0.15, 0.2) is 9.84 Å². The van der Waals surface area contributed by atoms with E-state index in [-0.39, 0.29) is 4.90 Å². The van der Waals surface area contributed by atoms with Crippen LogP contribution in [0.25, 0.3) is 0 Å². The van der Waals surface area contributed by atoms with Gasteiger partial charge in [-0.3, -0.25) is 4.79 Å². The van der Waals surface area contributed by atoms with Crippen LogP contribution in [0.15, 0.2) is 17.0 Å². The van der Waals surface area contributed by atoms with Crippen LogP contribution in [0, 0.1) is 6.92 Å². The predicted octanol–water partition coefficient (Wildman–Crippen LogP) is 0.303. The summed E-state index contributed by atoms with van der Waals surface area (Å²) in [5, 5.41) is 2.51. The minimum atomic E-state index is -3.52. The average Bonchev–Trinajstić information content (AvgIpc) is 2.07. The van der Waals surface area contributed by atoms with E-state index in [1.165, 1.54) is 6.07 Å². The van der Waals surface area contributed by atoms with E-state index >= 15 is 0 Å². The van der Waals surface area contributed by atoms with Crippen LogP contribution in [0.2, 0.25) is 0 Å². The average molecular weight is 226 g/mol. The highest BCUT2D eigenvalue weighted by atomic mass is 32.2. The lowest BCUT2D eigenvalue weighted by Gasteiger charge is -2.18. The van der Waals surface area contributed by atoms with Crippen LogP contribution in [-0.2, 0) is 14.6 Å². The van der Waals surface area contributed by atoms with Gasteiger partial charge >= 0.3 is 0 Å². The number of nitrogens with one attached hydrogen (secondary N) is 1. The first-order valence-corrected chi connectivity index (χ1v) is 5.98. The van der Waals surface area contributed by atoms with Gasteiger partial charge in [-0.2, -0.15) is 0 Å². The van der Waals surface area contributed by atoms with Crippen LogP contribution in [0.1, 0.15) is 5.56 Å². The molecule has 0 spiro atoms. The molecule has 80 valence electrons. The molecule has 0 bridgehead atoms. The second-order valence-electron chi connectivity index (χ2n) is 3.51. The number of amides is 1. The molecule has 1 heterocycles. The van der Waals surface area contributed by atoms with Crippen molar-refractivity contribution in [3.63, 3.8) is 0 Å². The summed E-state index contributed by atoms with van der Waals surface area (Å²) in [5.41, 5.74) is 7.09. The van der Waals surface area contributed by atoms with Crippen molar-refractivity contribution in [3.05, 3.63) is 17.7 Å². The smallest absolute Gasteiger partial charge is 0.239 e. The molecular formula is C9H10N2O3S. The highest BCUT2D eigenvalue weighted by Crippen LogP contribution is 2.30. The van der Waals surface area contributed by atoms with E-state index < -0.39 is 21.5 Å². The molecule has 15 heavy (non-hydrogen) atoms. The molecule has 0 aliphatic carbocycles. The SMILES string of the molecule is Cc1cc2c(cc1N)S(=O)(=O)CC(=O)N2. The lowest BCUT2D eigenvalue weighted by molar-refractivity contribution is -0.114. The molecule has 1 aromatic carbocycles. The minimum Gasteiger partial charge on any atom is -0.398 e. The molecule has 1 amide bonds. The Labute approximate surface area is 87.2 Å². The number of benzene rings is 1. The molecule has 2 rings (SSSR count). The predicted molar refractivity (Wildman–Crippen MR) is 56.3 cm³/mol. The zero-order valence-electron chi connectivity index (χ0n) is 8.07. The molecule has 6 heteroatoms. The fourth-order valence-corrected chi connectivity index (χ4v) is 2.82. The molecule has 0 fully saturated rings. The van der Waals surface area contributed by atoms with Gasteiger partial charge in [0.25, 0.3) is 0 Å². The number of hydrogen-bond acceptors (Lipinski definition) is 4. The van der Waals surface area contributed by atoms with Gasteiger partial charge < -0.3 is 11.1 Å². The van der Waals surface area contributed by atoms with E-state index in [1.54, 1.807) is 13.0 Å². The zero-order chi connectivity index (χ0) is 11.2. The summed E-state index contributed by atoms with van der Waals surface area (Å²) >= 11 is 0. The number of carbonyl (C=O) groups is 1. The third-order valence-electron chi connectivity index (χ3n) is 2.30. The lowest BCUT2D eigenvalue weighted by Crippen LogP contribution is -2.29. The molecule has 0 atom stereocenters. The first kappa shape index (κ1) is 9.97. The molecule has 3 N–H and O–H groups in total. The Balaban J connectivity index is 2.74. The van der Waals surface area contributed by atoms with E-state index in [2.05, 4.69) is 5.32 Å². The number of aryl methyl sites for hydroxylation is 1. The summed E-state index contributed by atoms with van der Waals surface area (Å²) in [6, 6.07) is 2.96. The molecule has 0 aromatic heterocycles. The van der Waals surface area contributed by atoms with Crippen molar-refractivity contribution in [2.45, 2.75) is 11.8 Å². The molecule has 1 aromatic rings. The standard InChI is InChI=1S/C9H10N2O3S/c1-5-2-7-8(3-6(5)10)15(13,14)4-9(12)11-7/h2-3H,4,10H2,1H3,(H,11,12). The highest BCUT2D eigenvalue weighted by molar-refractivity contribution is 7.92. The number of sulfone groups is 1. The third-order valence-corrected chi connectivity index (χ3v) is 3.95. The molecule has 0 radical (unpaired) electrons. The van der Waals surface area contributed by atoms with Gasteiger partial charge in [-0.15, -0.1) is 0 Å². The number of nitrogens with two attached hydrogens (primary N) is 1. The van der Waals surface area contributed by atoms with Crippen molar-refractivity contribution in [3.8, 4) is 0 Å². The molecule has 0 unspecified atom stereocenters. The van der Waals surface area contributed by atoms with E-state index in [4.69, 9.17) is 5.73 Å². The Morgan fingerprint density at radius 1 is 1.40 bits per heavy atom. The van der Waals surface area contributed by atoms with E-state index in [0.29, 0.717) is 11.4 Å². The van der Waals surface area contributed by atoms with Gasteiger partial charge in [-0.1, -0.05) is 0 Å². The molecule has 0 saturated carbocycles. The van der Waals surface area contributed by atoms with Gasteiger partial charge in [0.2, 0.25) is 5.91 Å². The van der Waals surface area contributed by atoms with Crippen LogP contribution in [-0.4, -0.2) is 20.1 Å². The van der Waals surface area contributed by atoms with Gasteiger partial charge in [-0.05, 0) is 24.6 Å². The Morgan fingerprint density at radius 2 is 2.07 bits per heavy atom. The fourth-order valence-electron chi connectivity index (χ4n) is 1.50. The quantitative estimate of drug-likeness (QED) is 0.623. The van der Waals surface area contributed by atoms with Gasteiger partial charge in [-0.25, -0.2) is 8.42 Å². The third kappa shape index (κ3) is 1.56. The summed E-state index contributed by atoms with van der Waals surface area (Å²) < 4.78 is 23.3. The van der Waals surface area contributed by atoms with E-state index in [0.717, 1.165) is 5.56 Å². The Kier molecular flexibility index (Phi) is 1.97. The number of carbonyl (C=O) groups excluding carboxylic acids is 1. The fraction of sp³-hybridized carbons (Fsp3) is 0.222. The number of hydrogen-bond donors (Lipinski definition) is 2. The first-order valence-electron chi connectivity index (χ1n) is 4.33. The number of anilines is 2. The lowest BCUT2D eigenvalue weighted by atomic mass is 10.2.